The van der Waals surface area contributed by atoms with Gasteiger partial charge in [-0.25, -0.2) is 0 Å². The molecule has 0 radical (unpaired) electrons. The van der Waals surface area contributed by atoms with E-state index in [1.807, 2.05) is 78.0 Å². The average molecular weight is 400 g/mol. The van der Waals surface area contributed by atoms with Crippen LogP contribution in [0.5, 0.6) is 0 Å². The van der Waals surface area contributed by atoms with Gasteiger partial charge in [-0.1, -0.05) is 6.07 Å². The molecule has 0 saturated heterocycles. The highest BCUT2D eigenvalue weighted by Gasteiger charge is 2.13. The van der Waals surface area contributed by atoms with E-state index in [1.165, 1.54) is 0 Å². The van der Waals surface area contributed by atoms with Crippen molar-refractivity contribution in [2.45, 2.75) is 20.4 Å². The van der Waals surface area contributed by atoms with Crippen LogP contribution in [0.25, 0.3) is 21.8 Å². The number of aromatic nitrogens is 2. The largest absolute Gasteiger partial charge is 0.342 e. The fraction of sp³-hybridized carbons (Fsp3) is 0.208. The molecule has 0 unspecified atom stereocenters. The fourth-order valence-corrected chi connectivity index (χ4v) is 3.66. The Morgan fingerprint density at radius 1 is 1.00 bits per heavy atom. The number of hydrogen-bond acceptors (Lipinski definition) is 3. The predicted octanol–water partition coefficient (Wildman–Crippen LogP) is 4.31. The molecule has 30 heavy (non-hydrogen) atoms. The third-order valence-electron chi connectivity index (χ3n) is 5.32. The smallest absolute Gasteiger partial charge is 0.255 e. The predicted molar refractivity (Wildman–Crippen MR) is 120 cm³/mol. The molecule has 0 atom stereocenters. The number of nitrogens with one attached hydrogen (secondary N) is 1. The molecule has 0 aliphatic carbocycles. The lowest BCUT2D eigenvalue weighted by Crippen LogP contribution is -2.33. The second-order valence-corrected chi connectivity index (χ2v) is 7.15. The molecule has 6 nitrogen and oxygen atoms in total. The number of benzene rings is 2. The van der Waals surface area contributed by atoms with Gasteiger partial charge in [0.15, 0.2) is 0 Å². The standard InChI is InChI=1S/C24H24N4O2/c1-3-27(4-2)23(29)16-28-13-11-18-15-20(8-10-22(18)28)26-24(30)19-7-9-21-17(14-19)6-5-12-25-21/h5-15H,3-4,16H2,1-2H3,(H,26,30). The van der Waals surface area contributed by atoms with Crippen molar-refractivity contribution >= 4 is 39.3 Å². The van der Waals surface area contributed by atoms with Gasteiger partial charge in [0.2, 0.25) is 5.91 Å². The van der Waals surface area contributed by atoms with Gasteiger partial charge >= 0.3 is 0 Å². The summed E-state index contributed by atoms with van der Waals surface area (Å²) >= 11 is 0. The van der Waals surface area contributed by atoms with E-state index in [1.54, 1.807) is 12.3 Å². The summed E-state index contributed by atoms with van der Waals surface area (Å²) in [5, 5.41) is 4.86. The molecule has 2 aromatic carbocycles. The van der Waals surface area contributed by atoms with Crippen molar-refractivity contribution in [3.63, 3.8) is 0 Å². The average Bonchev–Trinajstić information content (AvgIpc) is 3.16. The van der Waals surface area contributed by atoms with Crippen LogP contribution in [-0.4, -0.2) is 39.4 Å². The molecular formula is C24H24N4O2. The topological polar surface area (TPSA) is 67.2 Å². The molecule has 1 N–H and O–H groups in total. The molecule has 0 aliphatic heterocycles. The monoisotopic (exact) mass is 400 g/mol. The Morgan fingerprint density at radius 2 is 1.83 bits per heavy atom. The summed E-state index contributed by atoms with van der Waals surface area (Å²) in [6, 6.07) is 16.9. The Bertz CT molecular complexity index is 1220. The highest BCUT2D eigenvalue weighted by Crippen LogP contribution is 2.22. The van der Waals surface area contributed by atoms with E-state index in [-0.39, 0.29) is 11.8 Å². The number of amides is 2. The Labute approximate surface area is 175 Å². The summed E-state index contributed by atoms with van der Waals surface area (Å²) in [5.74, 6) is -0.0723. The van der Waals surface area contributed by atoms with Crippen LogP contribution in [-0.2, 0) is 11.3 Å². The molecule has 0 fully saturated rings. The van der Waals surface area contributed by atoms with Crippen molar-refractivity contribution < 1.29 is 9.59 Å². The number of rotatable bonds is 6. The maximum atomic E-state index is 12.7. The summed E-state index contributed by atoms with van der Waals surface area (Å²) in [6.07, 6.45) is 3.65. The van der Waals surface area contributed by atoms with E-state index >= 15 is 0 Å². The van der Waals surface area contributed by atoms with Crippen LogP contribution in [0.4, 0.5) is 5.69 Å². The van der Waals surface area contributed by atoms with Crippen LogP contribution in [0.2, 0.25) is 0 Å². The normalized spacial score (nSPS) is 11.0. The quantitative estimate of drug-likeness (QED) is 0.524. The summed E-state index contributed by atoms with van der Waals surface area (Å²) in [5.41, 5.74) is 3.12. The van der Waals surface area contributed by atoms with Crippen LogP contribution in [0.3, 0.4) is 0 Å². The molecule has 2 heterocycles. The number of hydrogen-bond donors (Lipinski definition) is 1. The van der Waals surface area contributed by atoms with E-state index in [2.05, 4.69) is 10.3 Å². The summed E-state index contributed by atoms with van der Waals surface area (Å²) < 4.78 is 1.94. The van der Waals surface area contributed by atoms with Crippen molar-refractivity contribution in [3.05, 3.63) is 72.6 Å². The van der Waals surface area contributed by atoms with Crippen molar-refractivity contribution in [1.29, 1.82) is 0 Å². The Balaban J connectivity index is 1.52. The molecule has 4 aromatic rings. The minimum atomic E-state index is -0.170. The van der Waals surface area contributed by atoms with Gasteiger partial charge in [-0.3, -0.25) is 14.6 Å². The Kier molecular flexibility index (Phi) is 5.48. The van der Waals surface area contributed by atoms with Gasteiger partial charge in [-0.2, -0.15) is 0 Å². The number of fused-ring (bicyclic) bond motifs is 2. The first-order chi connectivity index (χ1) is 14.6. The molecule has 2 amide bonds. The van der Waals surface area contributed by atoms with Crippen molar-refractivity contribution in [2.75, 3.05) is 18.4 Å². The molecule has 6 heteroatoms. The molecule has 0 bridgehead atoms. The first-order valence-corrected chi connectivity index (χ1v) is 10.1. The first-order valence-electron chi connectivity index (χ1n) is 10.1. The summed E-state index contributed by atoms with van der Waals surface area (Å²) in [7, 11) is 0. The number of pyridine rings is 1. The van der Waals surface area contributed by atoms with Gasteiger partial charge in [0, 0.05) is 53.0 Å². The van der Waals surface area contributed by atoms with Gasteiger partial charge < -0.3 is 14.8 Å². The number of carbonyl (C=O) groups is 2. The van der Waals surface area contributed by atoms with E-state index in [4.69, 9.17) is 0 Å². The zero-order chi connectivity index (χ0) is 21.1. The van der Waals surface area contributed by atoms with E-state index in [0.717, 1.165) is 21.8 Å². The summed E-state index contributed by atoms with van der Waals surface area (Å²) in [6.45, 7) is 5.68. The fourth-order valence-electron chi connectivity index (χ4n) is 3.66. The van der Waals surface area contributed by atoms with Crippen LogP contribution >= 0.6 is 0 Å². The lowest BCUT2D eigenvalue weighted by Gasteiger charge is -2.19. The molecule has 0 aliphatic rings. The zero-order valence-electron chi connectivity index (χ0n) is 17.1. The Hall–Kier alpha value is -3.67. The Morgan fingerprint density at radius 3 is 2.63 bits per heavy atom. The molecular weight excluding hydrogens is 376 g/mol. The number of anilines is 1. The molecule has 152 valence electrons. The zero-order valence-corrected chi connectivity index (χ0v) is 17.1. The second-order valence-electron chi connectivity index (χ2n) is 7.15. The third kappa shape index (κ3) is 3.89. The van der Waals surface area contributed by atoms with Crippen molar-refractivity contribution in [2.24, 2.45) is 0 Å². The van der Waals surface area contributed by atoms with Crippen LogP contribution in [0.15, 0.2) is 67.0 Å². The van der Waals surface area contributed by atoms with E-state index in [0.29, 0.717) is 30.9 Å². The number of nitrogens with zero attached hydrogens (tertiary/aromatic N) is 3. The third-order valence-corrected chi connectivity index (χ3v) is 5.32. The minimum absolute atomic E-state index is 0.0978. The van der Waals surface area contributed by atoms with Gasteiger partial charge in [-0.05, 0) is 62.4 Å². The lowest BCUT2D eigenvalue weighted by atomic mass is 10.1. The number of likely N-dealkylation sites (N-methyl/N-ethyl adjacent to an activating group) is 1. The molecule has 0 spiro atoms. The molecule has 0 saturated carbocycles. The minimum Gasteiger partial charge on any atom is -0.342 e. The van der Waals surface area contributed by atoms with Crippen LogP contribution < -0.4 is 5.32 Å². The maximum Gasteiger partial charge on any atom is 0.255 e. The molecule has 4 rings (SSSR count). The van der Waals surface area contributed by atoms with E-state index in [9.17, 15) is 9.59 Å². The number of carbonyl (C=O) groups excluding carboxylic acids is 2. The van der Waals surface area contributed by atoms with Gasteiger partial charge in [0.05, 0.1) is 5.52 Å². The lowest BCUT2D eigenvalue weighted by molar-refractivity contribution is -0.131. The van der Waals surface area contributed by atoms with Gasteiger partial charge in [0.25, 0.3) is 5.91 Å². The van der Waals surface area contributed by atoms with Crippen LogP contribution in [0.1, 0.15) is 24.2 Å². The van der Waals surface area contributed by atoms with Gasteiger partial charge in [-0.15, -0.1) is 0 Å². The molecule has 2 aromatic heterocycles. The van der Waals surface area contributed by atoms with Gasteiger partial charge in [0.1, 0.15) is 6.54 Å². The van der Waals surface area contributed by atoms with Crippen LogP contribution in [0, 0.1) is 0 Å². The highest BCUT2D eigenvalue weighted by atomic mass is 16.2. The van der Waals surface area contributed by atoms with Crippen molar-refractivity contribution in [3.8, 4) is 0 Å². The SMILES string of the molecule is CCN(CC)C(=O)Cn1ccc2cc(NC(=O)c3ccc4ncccc4c3)ccc21. The maximum absolute atomic E-state index is 12.7. The van der Waals surface area contributed by atoms with E-state index < -0.39 is 0 Å². The van der Waals surface area contributed by atoms with Crippen molar-refractivity contribution in [1.82, 2.24) is 14.5 Å². The highest BCUT2D eigenvalue weighted by molar-refractivity contribution is 6.06. The second kappa shape index (κ2) is 8.37. The summed E-state index contributed by atoms with van der Waals surface area (Å²) in [4.78, 5) is 31.2. The first kappa shape index (κ1) is 19.6.